The third kappa shape index (κ3) is 7.07. The number of ether oxygens (including phenoxy) is 1. The minimum absolute atomic E-state index is 0.0759. The molecule has 0 aliphatic carbocycles. The van der Waals surface area contributed by atoms with Crippen molar-refractivity contribution < 1.29 is 19.1 Å². The smallest absolute Gasteiger partial charge is 0.408 e. The first-order valence-electron chi connectivity index (χ1n) is 11.4. The SMILES string of the molecule is CC(C)C[C@H](NC(=O)[C@@H](Cc1cccc2ccccc12)NC(=O)OCc1ccccc1)C(N)=O. The molecule has 3 aromatic carbocycles. The normalized spacial score (nSPS) is 12.7. The molecule has 0 heterocycles. The number of benzene rings is 3. The average Bonchev–Trinajstić information content (AvgIpc) is 2.82. The zero-order chi connectivity index (χ0) is 24.5. The van der Waals surface area contributed by atoms with E-state index >= 15 is 0 Å². The highest BCUT2D eigenvalue weighted by atomic mass is 16.5. The van der Waals surface area contributed by atoms with Crippen molar-refractivity contribution in [3.63, 3.8) is 0 Å². The Morgan fingerprint density at radius 1 is 0.853 bits per heavy atom. The van der Waals surface area contributed by atoms with Gasteiger partial charge in [0.1, 0.15) is 18.7 Å². The Kier molecular flexibility index (Phi) is 8.62. The van der Waals surface area contributed by atoms with Gasteiger partial charge in [0.2, 0.25) is 11.8 Å². The van der Waals surface area contributed by atoms with Crippen molar-refractivity contribution in [2.24, 2.45) is 11.7 Å². The van der Waals surface area contributed by atoms with E-state index in [1.54, 1.807) is 0 Å². The van der Waals surface area contributed by atoms with Gasteiger partial charge in [0, 0.05) is 6.42 Å². The summed E-state index contributed by atoms with van der Waals surface area (Å²) in [6, 6.07) is 21.1. The van der Waals surface area contributed by atoms with E-state index in [9.17, 15) is 14.4 Å². The molecule has 3 aromatic rings. The molecule has 7 heteroatoms. The van der Waals surface area contributed by atoms with Gasteiger partial charge in [-0.2, -0.15) is 0 Å². The molecular weight excluding hydrogens is 430 g/mol. The highest BCUT2D eigenvalue weighted by Crippen LogP contribution is 2.20. The standard InChI is InChI=1S/C27H31N3O4/c1-18(2)15-23(25(28)31)29-26(32)24(30-27(33)34-17-19-9-4-3-5-10-19)16-21-13-8-12-20-11-6-7-14-22(20)21/h3-14,18,23-24H,15-17H2,1-2H3,(H2,28,31)(H,29,32)(H,30,33)/t23-,24+/m0/s1. The Balaban J connectivity index is 1.79. The van der Waals surface area contributed by atoms with Crippen LogP contribution >= 0.6 is 0 Å². The number of alkyl carbamates (subject to hydrolysis) is 1. The van der Waals surface area contributed by atoms with Crippen LogP contribution in [0.3, 0.4) is 0 Å². The monoisotopic (exact) mass is 461 g/mol. The fourth-order valence-corrected chi connectivity index (χ4v) is 3.80. The molecule has 0 unspecified atom stereocenters. The zero-order valence-corrected chi connectivity index (χ0v) is 19.5. The number of hydrogen-bond donors (Lipinski definition) is 3. The van der Waals surface area contributed by atoms with E-state index in [4.69, 9.17) is 10.5 Å². The molecular formula is C27H31N3O4. The van der Waals surface area contributed by atoms with E-state index in [0.717, 1.165) is 21.9 Å². The number of rotatable bonds is 10. The first-order valence-corrected chi connectivity index (χ1v) is 11.4. The van der Waals surface area contributed by atoms with Gasteiger partial charge in [-0.15, -0.1) is 0 Å². The molecule has 0 aliphatic heterocycles. The van der Waals surface area contributed by atoms with Gasteiger partial charge >= 0.3 is 6.09 Å². The Bertz CT molecular complexity index is 1130. The van der Waals surface area contributed by atoms with Crippen LogP contribution in [-0.4, -0.2) is 30.0 Å². The molecule has 0 bridgehead atoms. The van der Waals surface area contributed by atoms with Crippen molar-refractivity contribution in [2.75, 3.05) is 0 Å². The van der Waals surface area contributed by atoms with E-state index < -0.39 is 30.0 Å². The second kappa shape index (κ2) is 11.8. The first-order chi connectivity index (χ1) is 16.3. The van der Waals surface area contributed by atoms with E-state index in [-0.39, 0.29) is 18.9 Å². The van der Waals surface area contributed by atoms with Crippen molar-refractivity contribution >= 4 is 28.7 Å². The van der Waals surface area contributed by atoms with Gasteiger partial charge < -0.3 is 21.1 Å². The summed E-state index contributed by atoms with van der Waals surface area (Å²) in [4.78, 5) is 37.7. The maximum atomic E-state index is 13.2. The predicted molar refractivity (Wildman–Crippen MR) is 132 cm³/mol. The van der Waals surface area contributed by atoms with Gasteiger partial charge in [-0.25, -0.2) is 4.79 Å². The van der Waals surface area contributed by atoms with E-state index in [0.29, 0.717) is 6.42 Å². The number of nitrogens with two attached hydrogens (primary N) is 1. The number of primary amides is 1. The zero-order valence-electron chi connectivity index (χ0n) is 19.5. The lowest BCUT2D eigenvalue weighted by atomic mass is 9.97. The number of hydrogen-bond acceptors (Lipinski definition) is 4. The minimum Gasteiger partial charge on any atom is -0.445 e. The Labute approximate surface area is 199 Å². The third-order valence-corrected chi connectivity index (χ3v) is 5.49. The van der Waals surface area contributed by atoms with E-state index in [2.05, 4.69) is 10.6 Å². The van der Waals surface area contributed by atoms with Gasteiger partial charge in [0.15, 0.2) is 0 Å². The van der Waals surface area contributed by atoms with Gasteiger partial charge in [-0.1, -0.05) is 86.6 Å². The van der Waals surface area contributed by atoms with Crippen LogP contribution in [0.5, 0.6) is 0 Å². The molecule has 7 nitrogen and oxygen atoms in total. The van der Waals surface area contributed by atoms with Gasteiger partial charge in [-0.05, 0) is 34.2 Å². The molecule has 34 heavy (non-hydrogen) atoms. The summed E-state index contributed by atoms with van der Waals surface area (Å²) in [5.74, 6) is -0.954. The molecule has 0 saturated carbocycles. The summed E-state index contributed by atoms with van der Waals surface area (Å²) in [5.41, 5.74) is 7.23. The van der Waals surface area contributed by atoms with E-state index in [1.807, 2.05) is 86.6 Å². The molecule has 0 spiro atoms. The molecule has 3 amide bonds. The highest BCUT2D eigenvalue weighted by molar-refractivity contribution is 5.92. The lowest BCUT2D eigenvalue weighted by molar-refractivity contribution is -0.128. The highest BCUT2D eigenvalue weighted by Gasteiger charge is 2.27. The lowest BCUT2D eigenvalue weighted by Gasteiger charge is -2.23. The maximum Gasteiger partial charge on any atom is 0.408 e. The molecule has 0 saturated heterocycles. The Hall–Kier alpha value is -3.87. The fraction of sp³-hybridized carbons (Fsp3) is 0.296. The molecule has 178 valence electrons. The quantitative estimate of drug-likeness (QED) is 0.428. The number of amides is 3. The maximum absolute atomic E-state index is 13.2. The molecule has 2 atom stereocenters. The summed E-state index contributed by atoms with van der Waals surface area (Å²) in [6.07, 6.45) is -0.0925. The third-order valence-electron chi connectivity index (χ3n) is 5.49. The first kappa shape index (κ1) is 24.8. The van der Waals surface area contributed by atoms with Crippen molar-refractivity contribution in [1.29, 1.82) is 0 Å². The predicted octanol–water partition coefficient (Wildman–Crippen LogP) is 3.69. The molecule has 3 rings (SSSR count). The summed E-state index contributed by atoms with van der Waals surface area (Å²) >= 11 is 0. The summed E-state index contributed by atoms with van der Waals surface area (Å²) < 4.78 is 5.33. The topological polar surface area (TPSA) is 111 Å². The summed E-state index contributed by atoms with van der Waals surface area (Å²) in [5, 5.41) is 7.39. The van der Waals surface area contributed by atoms with Crippen LogP contribution in [0.4, 0.5) is 4.79 Å². The van der Waals surface area contributed by atoms with Crippen molar-refractivity contribution in [3.05, 3.63) is 83.9 Å². The van der Waals surface area contributed by atoms with Crippen molar-refractivity contribution in [1.82, 2.24) is 10.6 Å². The molecule has 4 N–H and O–H groups in total. The van der Waals surface area contributed by atoms with Gasteiger partial charge in [0.05, 0.1) is 0 Å². The van der Waals surface area contributed by atoms with Crippen LogP contribution in [0.15, 0.2) is 72.8 Å². The van der Waals surface area contributed by atoms with Crippen LogP contribution < -0.4 is 16.4 Å². The molecule has 0 fully saturated rings. The summed E-state index contributed by atoms with van der Waals surface area (Å²) in [6.45, 7) is 3.95. The molecule has 0 aromatic heterocycles. The van der Waals surface area contributed by atoms with Crippen LogP contribution in [0.25, 0.3) is 10.8 Å². The molecule has 0 radical (unpaired) electrons. The fourth-order valence-electron chi connectivity index (χ4n) is 3.80. The van der Waals surface area contributed by atoms with Gasteiger partial charge in [0.25, 0.3) is 0 Å². The largest absolute Gasteiger partial charge is 0.445 e. The van der Waals surface area contributed by atoms with Crippen LogP contribution in [0, 0.1) is 5.92 Å². The van der Waals surface area contributed by atoms with Crippen LogP contribution in [-0.2, 0) is 27.4 Å². The number of fused-ring (bicyclic) bond motifs is 1. The van der Waals surface area contributed by atoms with E-state index in [1.165, 1.54) is 0 Å². The number of carbonyl (C=O) groups excluding carboxylic acids is 3. The van der Waals surface area contributed by atoms with Crippen molar-refractivity contribution in [2.45, 2.75) is 45.4 Å². The molecule has 0 aliphatic rings. The van der Waals surface area contributed by atoms with Gasteiger partial charge in [-0.3, -0.25) is 9.59 Å². The lowest BCUT2D eigenvalue weighted by Crippen LogP contribution is -2.54. The second-order valence-electron chi connectivity index (χ2n) is 8.69. The van der Waals surface area contributed by atoms with Crippen molar-refractivity contribution in [3.8, 4) is 0 Å². The average molecular weight is 462 g/mol. The number of nitrogens with one attached hydrogen (secondary N) is 2. The summed E-state index contributed by atoms with van der Waals surface area (Å²) in [7, 11) is 0. The Morgan fingerprint density at radius 2 is 1.53 bits per heavy atom. The van der Waals surface area contributed by atoms with Crippen LogP contribution in [0.2, 0.25) is 0 Å². The Morgan fingerprint density at radius 3 is 2.24 bits per heavy atom. The minimum atomic E-state index is -0.955. The second-order valence-corrected chi connectivity index (χ2v) is 8.69. The number of carbonyl (C=O) groups is 3. The van der Waals surface area contributed by atoms with Crippen LogP contribution in [0.1, 0.15) is 31.4 Å².